The second-order valence-corrected chi connectivity index (χ2v) is 8.56. The third kappa shape index (κ3) is 4.81. The molecule has 3 aromatic rings. The normalized spacial score (nSPS) is 11.1. The Morgan fingerprint density at radius 2 is 1.63 bits per heavy atom. The van der Waals surface area contributed by atoms with Crippen LogP contribution in [-0.4, -0.2) is 13.5 Å². The van der Waals surface area contributed by atoms with Crippen LogP contribution in [0.15, 0.2) is 90.9 Å². The van der Waals surface area contributed by atoms with Gasteiger partial charge < -0.3 is 9.29 Å². The third-order valence-electron chi connectivity index (χ3n) is 4.69. The monoisotopic (exact) mass is 420 g/mol. The van der Waals surface area contributed by atoms with Crippen LogP contribution < -0.4 is 4.18 Å². The summed E-state index contributed by atoms with van der Waals surface area (Å²) in [5.41, 5.74) is 4.06. The Balaban J connectivity index is 2.00. The topological polar surface area (TPSA) is 63.6 Å². The predicted octanol–water partition coefficient (Wildman–Crippen LogP) is 5.59. The Hall–Kier alpha value is -3.31. The van der Waals surface area contributed by atoms with Crippen molar-refractivity contribution in [3.63, 3.8) is 0 Å². The first-order valence-electron chi connectivity index (χ1n) is 9.52. The molecule has 154 valence electrons. The summed E-state index contributed by atoms with van der Waals surface area (Å²) in [7, 11) is -3.97. The van der Waals surface area contributed by atoms with Crippen LogP contribution in [0.1, 0.15) is 16.7 Å². The van der Waals surface area contributed by atoms with Crippen molar-refractivity contribution in [3.8, 4) is 22.6 Å². The maximum atomic E-state index is 12.7. The van der Waals surface area contributed by atoms with E-state index in [-0.39, 0.29) is 16.4 Å². The summed E-state index contributed by atoms with van der Waals surface area (Å²) >= 11 is 0. The number of allylic oxidation sites excluding steroid dienone is 2. The second kappa shape index (κ2) is 9.01. The summed E-state index contributed by atoms with van der Waals surface area (Å²) in [5.74, 6) is 0.384. The predicted molar refractivity (Wildman–Crippen MR) is 120 cm³/mol. The van der Waals surface area contributed by atoms with Gasteiger partial charge in [-0.3, -0.25) is 0 Å². The Labute approximate surface area is 177 Å². The van der Waals surface area contributed by atoms with Crippen molar-refractivity contribution in [3.05, 3.63) is 103 Å². The zero-order chi connectivity index (χ0) is 21.7. The molecule has 4 nitrogen and oxygen atoms in total. The molecule has 0 aromatic heterocycles. The molecule has 3 aromatic carbocycles. The molecule has 0 atom stereocenters. The van der Waals surface area contributed by atoms with Gasteiger partial charge in [0.1, 0.15) is 16.4 Å². The Kier molecular flexibility index (Phi) is 6.43. The van der Waals surface area contributed by atoms with E-state index in [9.17, 15) is 13.5 Å². The smallest absolute Gasteiger partial charge is 0.339 e. The lowest BCUT2D eigenvalue weighted by molar-refractivity contribution is 0.476. The number of hydrogen-bond acceptors (Lipinski definition) is 4. The van der Waals surface area contributed by atoms with Gasteiger partial charge in [0, 0.05) is 11.1 Å². The van der Waals surface area contributed by atoms with Gasteiger partial charge in [0.2, 0.25) is 0 Å². The van der Waals surface area contributed by atoms with Crippen molar-refractivity contribution in [2.24, 2.45) is 0 Å². The molecular weight excluding hydrogens is 396 g/mol. The van der Waals surface area contributed by atoms with E-state index in [0.29, 0.717) is 24.0 Å². The van der Waals surface area contributed by atoms with Crippen LogP contribution in [0.4, 0.5) is 0 Å². The molecule has 0 saturated heterocycles. The molecule has 0 aliphatic rings. The fourth-order valence-electron chi connectivity index (χ4n) is 3.12. The third-order valence-corrected chi connectivity index (χ3v) is 5.93. The van der Waals surface area contributed by atoms with Crippen LogP contribution in [0, 0.1) is 6.92 Å². The van der Waals surface area contributed by atoms with Crippen molar-refractivity contribution in [2.45, 2.75) is 24.7 Å². The molecule has 0 aliphatic carbocycles. The van der Waals surface area contributed by atoms with Crippen molar-refractivity contribution in [1.29, 1.82) is 0 Å². The number of rotatable bonds is 8. The fraction of sp³-hybridized carbons (Fsp3) is 0.120. The van der Waals surface area contributed by atoms with Crippen molar-refractivity contribution in [1.82, 2.24) is 0 Å². The fourth-order valence-corrected chi connectivity index (χ4v) is 4.09. The van der Waals surface area contributed by atoms with Crippen molar-refractivity contribution < 1.29 is 17.7 Å². The highest BCUT2D eigenvalue weighted by atomic mass is 32.2. The summed E-state index contributed by atoms with van der Waals surface area (Å²) in [4.78, 5) is 0.0940. The van der Waals surface area contributed by atoms with Crippen LogP contribution in [0.3, 0.4) is 0 Å². The lowest BCUT2D eigenvalue weighted by atomic mass is 9.97. The first kappa shape index (κ1) is 21.4. The molecule has 30 heavy (non-hydrogen) atoms. The van der Waals surface area contributed by atoms with Gasteiger partial charge >= 0.3 is 10.1 Å². The molecule has 0 unspecified atom stereocenters. The molecule has 3 rings (SSSR count). The van der Waals surface area contributed by atoms with E-state index >= 15 is 0 Å². The average molecular weight is 421 g/mol. The summed E-state index contributed by atoms with van der Waals surface area (Å²) in [6.07, 6.45) is 4.58. The van der Waals surface area contributed by atoms with Gasteiger partial charge in [-0.2, -0.15) is 8.42 Å². The number of aryl methyl sites for hydroxylation is 1. The van der Waals surface area contributed by atoms with Gasteiger partial charge in [-0.05, 0) is 67.3 Å². The summed E-state index contributed by atoms with van der Waals surface area (Å²) in [6, 6.07) is 17.0. The summed E-state index contributed by atoms with van der Waals surface area (Å²) in [5, 5.41) is 10.3. The van der Waals surface area contributed by atoms with Crippen LogP contribution >= 0.6 is 0 Å². The molecule has 0 amide bonds. The molecule has 1 N–H and O–H groups in total. The molecule has 0 aliphatic heterocycles. The van der Waals surface area contributed by atoms with Gasteiger partial charge in [0.05, 0.1) is 0 Å². The number of hydrogen-bond donors (Lipinski definition) is 1. The maximum Gasteiger partial charge on any atom is 0.339 e. The first-order chi connectivity index (χ1) is 14.3. The highest BCUT2D eigenvalue weighted by Crippen LogP contribution is 2.34. The number of phenolic OH excluding ortho intramolecular Hbond substituents is 1. The minimum Gasteiger partial charge on any atom is -0.507 e. The minimum absolute atomic E-state index is 0.0940. The van der Waals surface area contributed by atoms with E-state index < -0.39 is 10.1 Å². The number of benzene rings is 3. The molecule has 5 heteroatoms. The Morgan fingerprint density at radius 3 is 2.30 bits per heavy atom. The standard InChI is InChI=1S/C25H24O4S/c1-4-6-19-10-14-24(26)23(16-19)20-11-15-25(21(17-20)7-5-2)29-30(27,28)22-12-8-18(3)9-13-22/h4-5,8-17,26H,1-2,6-7H2,3H3. The molecule has 0 radical (unpaired) electrons. The van der Waals surface area contributed by atoms with E-state index in [4.69, 9.17) is 4.18 Å². The largest absolute Gasteiger partial charge is 0.507 e. The van der Waals surface area contributed by atoms with Gasteiger partial charge in [-0.25, -0.2) is 0 Å². The van der Waals surface area contributed by atoms with Crippen LogP contribution in [0.5, 0.6) is 11.5 Å². The molecule has 0 spiro atoms. The lowest BCUT2D eigenvalue weighted by Gasteiger charge is -2.14. The highest BCUT2D eigenvalue weighted by molar-refractivity contribution is 7.87. The second-order valence-electron chi connectivity index (χ2n) is 7.01. The summed E-state index contributed by atoms with van der Waals surface area (Å²) in [6.45, 7) is 9.39. The molecular formula is C25H24O4S. The minimum atomic E-state index is -3.97. The van der Waals surface area contributed by atoms with Gasteiger partial charge in [0.15, 0.2) is 0 Å². The van der Waals surface area contributed by atoms with E-state index in [0.717, 1.165) is 16.7 Å². The molecule has 0 heterocycles. The van der Waals surface area contributed by atoms with Crippen LogP contribution in [-0.2, 0) is 23.0 Å². The highest BCUT2D eigenvalue weighted by Gasteiger charge is 2.19. The lowest BCUT2D eigenvalue weighted by Crippen LogP contribution is -2.11. The van der Waals surface area contributed by atoms with Crippen molar-refractivity contribution in [2.75, 3.05) is 0 Å². The first-order valence-corrected chi connectivity index (χ1v) is 10.9. The van der Waals surface area contributed by atoms with Gasteiger partial charge in [-0.1, -0.05) is 42.0 Å². The quantitative estimate of drug-likeness (QED) is 0.381. The maximum absolute atomic E-state index is 12.7. The zero-order valence-electron chi connectivity index (χ0n) is 16.8. The molecule has 0 fully saturated rings. The molecule has 0 saturated carbocycles. The SMILES string of the molecule is C=CCc1ccc(O)c(-c2ccc(OS(=O)(=O)c3ccc(C)cc3)c(CC=C)c2)c1. The van der Waals surface area contributed by atoms with E-state index in [1.165, 1.54) is 12.1 Å². The van der Waals surface area contributed by atoms with E-state index in [1.807, 2.05) is 25.1 Å². The van der Waals surface area contributed by atoms with Gasteiger partial charge in [-0.15, -0.1) is 13.2 Å². The van der Waals surface area contributed by atoms with E-state index in [2.05, 4.69) is 13.2 Å². The van der Waals surface area contributed by atoms with Gasteiger partial charge in [0.25, 0.3) is 0 Å². The Morgan fingerprint density at radius 1 is 0.933 bits per heavy atom. The van der Waals surface area contributed by atoms with Crippen molar-refractivity contribution >= 4 is 10.1 Å². The van der Waals surface area contributed by atoms with E-state index in [1.54, 1.807) is 42.5 Å². The average Bonchev–Trinajstić information content (AvgIpc) is 2.71. The number of aromatic hydroxyl groups is 1. The van der Waals surface area contributed by atoms with Crippen LogP contribution in [0.2, 0.25) is 0 Å². The summed E-state index contributed by atoms with van der Waals surface area (Å²) < 4.78 is 30.8. The number of phenols is 1. The molecule has 0 bridgehead atoms. The Bertz CT molecular complexity index is 1180. The van der Waals surface area contributed by atoms with Crippen LogP contribution in [0.25, 0.3) is 11.1 Å². The zero-order valence-corrected chi connectivity index (χ0v) is 17.7.